The summed E-state index contributed by atoms with van der Waals surface area (Å²) >= 11 is 1.25. The maximum Gasteiger partial charge on any atom is 0.257 e. The molecule has 1 amide bonds. The van der Waals surface area contributed by atoms with Crippen molar-refractivity contribution in [3.05, 3.63) is 72.8 Å². The van der Waals surface area contributed by atoms with Gasteiger partial charge in [-0.05, 0) is 13.8 Å². The molecule has 1 N–H and O–H groups in total. The van der Waals surface area contributed by atoms with Crippen molar-refractivity contribution in [3.8, 4) is 34.1 Å². The molecule has 0 atom stereocenters. The van der Waals surface area contributed by atoms with Crippen LogP contribution in [0.3, 0.4) is 0 Å². The lowest BCUT2D eigenvalue weighted by Gasteiger charge is -2.31. The molecule has 40 heavy (non-hydrogen) atoms. The quantitative estimate of drug-likeness (QED) is 0.212. The molecule has 208 valence electrons. The second kappa shape index (κ2) is 13.4. The van der Waals surface area contributed by atoms with Crippen LogP contribution in [0.2, 0.25) is 0 Å². The first kappa shape index (κ1) is 27.6. The Morgan fingerprint density at radius 3 is 2.25 bits per heavy atom. The van der Waals surface area contributed by atoms with Gasteiger partial charge in [0.15, 0.2) is 5.76 Å². The van der Waals surface area contributed by atoms with Gasteiger partial charge in [-0.25, -0.2) is 4.98 Å². The van der Waals surface area contributed by atoms with Crippen LogP contribution in [0.1, 0.15) is 13.8 Å². The molecule has 5 rings (SSSR count). The van der Waals surface area contributed by atoms with Crippen molar-refractivity contribution in [2.75, 3.05) is 55.5 Å². The van der Waals surface area contributed by atoms with Gasteiger partial charge >= 0.3 is 0 Å². The molecule has 0 saturated carbocycles. The Morgan fingerprint density at radius 2 is 1.57 bits per heavy atom. The van der Waals surface area contributed by atoms with E-state index in [2.05, 4.69) is 10.2 Å². The minimum Gasteiger partial charge on any atom is -0.492 e. The number of nitrogens with one attached hydrogen (secondary N) is 1. The van der Waals surface area contributed by atoms with E-state index in [-0.39, 0.29) is 11.7 Å². The molecule has 0 aliphatic carbocycles. The Balaban J connectivity index is 1.34. The summed E-state index contributed by atoms with van der Waals surface area (Å²) in [5.41, 5.74) is 4.12. The predicted octanol–water partition coefficient (Wildman–Crippen LogP) is 6.37. The van der Waals surface area contributed by atoms with E-state index in [4.69, 9.17) is 23.6 Å². The summed E-state index contributed by atoms with van der Waals surface area (Å²) in [6.07, 6.45) is 0. The van der Waals surface area contributed by atoms with E-state index in [1.807, 2.05) is 86.6 Å². The van der Waals surface area contributed by atoms with Crippen molar-refractivity contribution in [1.29, 1.82) is 0 Å². The van der Waals surface area contributed by atoms with Crippen molar-refractivity contribution in [2.24, 2.45) is 0 Å². The van der Waals surface area contributed by atoms with Crippen LogP contribution in [0, 0.1) is 0 Å². The highest BCUT2D eigenvalue weighted by atomic mass is 32.2. The third kappa shape index (κ3) is 6.60. The van der Waals surface area contributed by atoms with Gasteiger partial charge in [-0.15, -0.1) is 0 Å². The molecule has 0 bridgehead atoms. The Morgan fingerprint density at radius 1 is 0.925 bits per heavy atom. The fourth-order valence-electron chi connectivity index (χ4n) is 4.50. The first-order valence-corrected chi connectivity index (χ1v) is 14.5. The largest absolute Gasteiger partial charge is 0.492 e. The first-order valence-electron chi connectivity index (χ1n) is 13.5. The number of carbonyl (C=O) groups excluding carboxylic acids is 1. The van der Waals surface area contributed by atoms with Crippen LogP contribution in [0.4, 0.5) is 11.4 Å². The molecular formula is C31H33N3O5S. The molecule has 4 aromatic rings. The van der Waals surface area contributed by atoms with Crippen LogP contribution in [-0.4, -0.2) is 56.2 Å². The predicted molar refractivity (Wildman–Crippen MR) is 159 cm³/mol. The van der Waals surface area contributed by atoms with E-state index in [9.17, 15) is 4.79 Å². The number of oxazole rings is 1. The zero-order chi connectivity index (χ0) is 27.7. The molecule has 0 radical (unpaired) electrons. The Hall–Kier alpha value is -3.95. The Kier molecular flexibility index (Phi) is 9.26. The lowest BCUT2D eigenvalue weighted by molar-refractivity contribution is -0.113. The maximum absolute atomic E-state index is 13.1. The van der Waals surface area contributed by atoms with Crippen molar-refractivity contribution >= 4 is 29.0 Å². The smallest absolute Gasteiger partial charge is 0.257 e. The molecule has 0 spiro atoms. The highest BCUT2D eigenvalue weighted by Crippen LogP contribution is 2.40. The van der Waals surface area contributed by atoms with Crippen LogP contribution < -0.4 is 19.7 Å². The summed E-state index contributed by atoms with van der Waals surface area (Å²) < 4.78 is 23.5. The summed E-state index contributed by atoms with van der Waals surface area (Å²) in [5.74, 6) is 1.88. The van der Waals surface area contributed by atoms with Gasteiger partial charge in [-0.1, -0.05) is 72.4 Å². The topological polar surface area (TPSA) is 86.1 Å². The molecule has 1 aromatic heterocycles. The number of aromatic nitrogens is 1. The zero-order valence-electron chi connectivity index (χ0n) is 22.7. The molecule has 2 heterocycles. The molecule has 0 unspecified atom stereocenters. The van der Waals surface area contributed by atoms with Gasteiger partial charge in [0.2, 0.25) is 5.91 Å². The van der Waals surface area contributed by atoms with Gasteiger partial charge in [0.1, 0.15) is 17.2 Å². The number of morpholine rings is 1. The fourth-order valence-corrected chi connectivity index (χ4v) is 5.12. The van der Waals surface area contributed by atoms with E-state index >= 15 is 0 Å². The van der Waals surface area contributed by atoms with E-state index < -0.39 is 0 Å². The number of thioether (sulfide) groups is 1. The highest BCUT2D eigenvalue weighted by Gasteiger charge is 2.22. The van der Waals surface area contributed by atoms with Crippen LogP contribution in [-0.2, 0) is 9.53 Å². The van der Waals surface area contributed by atoms with Crippen molar-refractivity contribution < 1.29 is 23.4 Å². The van der Waals surface area contributed by atoms with Crippen LogP contribution in [0.5, 0.6) is 11.5 Å². The fraction of sp³-hybridized carbons (Fsp3) is 0.290. The lowest BCUT2D eigenvalue weighted by Crippen LogP contribution is -2.36. The summed E-state index contributed by atoms with van der Waals surface area (Å²) in [6.45, 7) is 7.68. The van der Waals surface area contributed by atoms with Gasteiger partial charge in [-0.3, -0.25) is 4.79 Å². The van der Waals surface area contributed by atoms with Gasteiger partial charge in [0, 0.05) is 36.3 Å². The minimum absolute atomic E-state index is 0.115. The van der Waals surface area contributed by atoms with Gasteiger partial charge in [-0.2, -0.15) is 0 Å². The molecule has 1 saturated heterocycles. The number of hydrogen-bond donors (Lipinski definition) is 1. The highest BCUT2D eigenvalue weighted by molar-refractivity contribution is 7.99. The number of amides is 1. The SMILES string of the molecule is CCOc1cc(N2CCOCC2)c(OCC)cc1NC(=O)CSc1nc(-c2ccccc2)c(-c2ccccc2)o1. The number of benzene rings is 3. The van der Waals surface area contributed by atoms with Crippen LogP contribution in [0.25, 0.3) is 22.6 Å². The zero-order valence-corrected chi connectivity index (χ0v) is 23.5. The number of carbonyl (C=O) groups is 1. The summed E-state index contributed by atoms with van der Waals surface area (Å²) in [5, 5.41) is 3.43. The summed E-state index contributed by atoms with van der Waals surface area (Å²) in [4.78, 5) is 20.1. The Bertz CT molecular complexity index is 1350. The molecule has 3 aromatic carbocycles. The second-order valence-electron chi connectivity index (χ2n) is 9.01. The molecule has 1 fully saturated rings. The number of anilines is 2. The molecular weight excluding hydrogens is 526 g/mol. The minimum atomic E-state index is -0.201. The number of ether oxygens (including phenoxy) is 3. The van der Waals surface area contributed by atoms with E-state index in [1.165, 1.54) is 11.8 Å². The van der Waals surface area contributed by atoms with E-state index in [0.717, 1.165) is 35.6 Å². The van der Waals surface area contributed by atoms with Crippen molar-refractivity contribution in [2.45, 2.75) is 19.1 Å². The molecule has 8 nitrogen and oxygen atoms in total. The third-order valence-corrected chi connectivity index (χ3v) is 7.13. The average molecular weight is 560 g/mol. The molecule has 9 heteroatoms. The normalized spacial score (nSPS) is 13.2. The second-order valence-corrected chi connectivity index (χ2v) is 9.93. The first-order chi connectivity index (χ1) is 19.7. The van der Waals surface area contributed by atoms with Crippen molar-refractivity contribution in [3.63, 3.8) is 0 Å². The Labute approximate surface area is 238 Å². The maximum atomic E-state index is 13.1. The monoisotopic (exact) mass is 559 g/mol. The lowest BCUT2D eigenvalue weighted by atomic mass is 10.1. The molecule has 1 aliphatic rings. The van der Waals surface area contributed by atoms with Crippen molar-refractivity contribution in [1.82, 2.24) is 4.98 Å². The summed E-state index contributed by atoms with van der Waals surface area (Å²) in [7, 11) is 0. The van der Waals surface area contributed by atoms with Gasteiger partial charge in [0.25, 0.3) is 5.22 Å². The number of nitrogens with zero attached hydrogens (tertiary/aromatic N) is 2. The van der Waals surface area contributed by atoms with E-state index in [0.29, 0.717) is 54.6 Å². The van der Waals surface area contributed by atoms with Gasteiger partial charge < -0.3 is 28.8 Å². The molecule has 1 aliphatic heterocycles. The van der Waals surface area contributed by atoms with Crippen LogP contribution >= 0.6 is 11.8 Å². The summed E-state index contributed by atoms with van der Waals surface area (Å²) in [6, 6.07) is 23.5. The standard InChI is InChI=1S/C31H33N3O5S/c1-3-37-26-20-25(34-15-17-36-18-16-34)27(38-4-2)19-24(26)32-28(35)21-40-31-33-29(22-11-7-5-8-12-22)30(39-31)23-13-9-6-10-14-23/h5-14,19-20H,3-4,15-18,21H2,1-2H3,(H,32,35). The van der Waals surface area contributed by atoms with Gasteiger partial charge in [0.05, 0.1) is 43.6 Å². The number of hydrogen-bond acceptors (Lipinski definition) is 8. The third-order valence-electron chi connectivity index (χ3n) is 6.30. The van der Waals surface area contributed by atoms with Crippen LogP contribution in [0.15, 0.2) is 82.4 Å². The van der Waals surface area contributed by atoms with E-state index in [1.54, 1.807) is 0 Å². The average Bonchev–Trinajstić information content (AvgIpc) is 3.43. The number of rotatable bonds is 11.